The number of hydrogen-bond acceptors (Lipinski definition) is 3. The highest BCUT2D eigenvalue weighted by atomic mass is 16.3. The topological polar surface area (TPSA) is 52.6 Å². The predicted octanol–water partition coefficient (Wildman–Crippen LogP) is -0.278. The molecule has 2 rings (SSSR count). The quantitative estimate of drug-likeness (QED) is 0.653. The normalized spacial score (nSPS) is 25.6. The Hall–Kier alpha value is -0.610. The minimum Gasteiger partial charge on any atom is -0.388 e. The van der Waals surface area contributed by atoms with Gasteiger partial charge in [-0.1, -0.05) is 0 Å². The largest absolute Gasteiger partial charge is 0.388 e. The van der Waals surface area contributed by atoms with Crippen molar-refractivity contribution in [3.05, 3.63) is 0 Å². The highest BCUT2D eigenvalue weighted by Crippen LogP contribution is 2.20. The molecule has 0 atom stereocenters. The highest BCUT2D eigenvalue weighted by molar-refractivity contribution is 5.76. The Morgan fingerprint density at radius 1 is 1.57 bits per heavy atom. The summed E-state index contributed by atoms with van der Waals surface area (Å²) in [5.41, 5.74) is -0.521. The molecule has 1 saturated carbocycles. The van der Waals surface area contributed by atoms with Crippen molar-refractivity contribution >= 4 is 5.91 Å². The van der Waals surface area contributed by atoms with E-state index in [2.05, 4.69) is 10.2 Å². The molecule has 1 amide bonds. The number of carbonyl (C=O) groups is 1. The van der Waals surface area contributed by atoms with Crippen molar-refractivity contribution in [1.82, 2.24) is 10.2 Å². The number of nitrogens with one attached hydrogen (secondary N) is 1. The number of nitrogens with zero attached hydrogens (tertiary/aromatic N) is 1. The van der Waals surface area contributed by atoms with Crippen LogP contribution in [0, 0.1) is 0 Å². The highest BCUT2D eigenvalue weighted by Gasteiger charge is 2.36. The molecule has 0 bridgehead atoms. The fraction of sp³-hybridized carbons (Fsp3) is 0.900. The molecule has 0 aromatic carbocycles. The van der Waals surface area contributed by atoms with E-state index < -0.39 is 5.60 Å². The van der Waals surface area contributed by atoms with Gasteiger partial charge in [-0.05, 0) is 19.8 Å². The van der Waals surface area contributed by atoms with Crippen LogP contribution in [0.2, 0.25) is 0 Å². The SMILES string of the molecule is CC1(O)CN(CCC(=O)NC2CC2)C1. The molecule has 0 aromatic rings. The van der Waals surface area contributed by atoms with Gasteiger partial charge in [0, 0.05) is 32.1 Å². The minimum atomic E-state index is -0.521. The molecule has 4 heteroatoms. The van der Waals surface area contributed by atoms with Gasteiger partial charge in [0.05, 0.1) is 5.60 Å². The summed E-state index contributed by atoms with van der Waals surface area (Å²) in [5, 5.41) is 12.4. The maximum absolute atomic E-state index is 11.3. The molecule has 1 aliphatic heterocycles. The smallest absolute Gasteiger partial charge is 0.221 e. The molecular formula is C10H18N2O2. The molecule has 1 aliphatic carbocycles. The molecule has 0 spiro atoms. The van der Waals surface area contributed by atoms with E-state index in [1.165, 1.54) is 0 Å². The summed E-state index contributed by atoms with van der Waals surface area (Å²) in [6.07, 6.45) is 2.85. The Morgan fingerprint density at radius 2 is 2.21 bits per heavy atom. The van der Waals surface area contributed by atoms with E-state index in [-0.39, 0.29) is 5.91 Å². The van der Waals surface area contributed by atoms with Crippen molar-refractivity contribution in [2.24, 2.45) is 0 Å². The number of hydrogen-bond donors (Lipinski definition) is 2. The molecule has 0 unspecified atom stereocenters. The molecule has 2 fully saturated rings. The lowest BCUT2D eigenvalue weighted by molar-refractivity contribution is -0.124. The van der Waals surface area contributed by atoms with Crippen molar-refractivity contribution in [3.8, 4) is 0 Å². The monoisotopic (exact) mass is 198 g/mol. The van der Waals surface area contributed by atoms with Crippen LogP contribution >= 0.6 is 0 Å². The number of aliphatic hydroxyl groups is 1. The predicted molar refractivity (Wildman–Crippen MR) is 52.8 cm³/mol. The Morgan fingerprint density at radius 3 is 2.71 bits per heavy atom. The van der Waals surface area contributed by atoms with Crippen LogP contribution < -0.4 is 5.32 Å². The van der Waals surface area contributed by atoms with Gasteiger partial charge < -0.3 is 10.4 Å². The Bertz CT molecular complexity index is 228. The fourth-order valence-electron chi connectivity index (χ4n) is 1.86. The van der Waals surface area contributed by atoms with E-state index in [1.807, 2.05) is 6.92 Å². The first kappa shape index (κ1) is 9.93. The second-order valence-corrected chi connectivity index (χ2v) is 4.80. The third kappa shape index (κ3) is 2.69. The molecule has 1 saturated heterocycles. The standard InChI is InChI=1S/C10H18N2O2/c1-10(14)6-12(7-10)5-4-9(13)11-8-2-3-8/h8,14H,2-7H2,1H3,(H,11,13). The van der Waals surface area contributed by atoms with Crippen LogP contribution in [-0.2, 0) is 4.79 Å². The van der Waals surface area contributed by atoms with E-state index in [0.717, 1.165) is 19.4 Å². The molecule has 4 nitrogen and oxygen atoms in total. The van der Waals surface area contributed by atoms with Gasteiger partial charge in [-0.25, -0.2) is 0 Å². The second-order valence-electron chi connectivity index (χ2n) is 4.80. The maximum atomic E-state index is 11.3. The van der Waals surface area contributed by atoms with Gasteiger partial charge in [0.15, 0.2) is 0 Å². The van der Waals surface area contributed by atoms with Crippen molar-refractivity contribution in [2.75, 3.05) is 19.6 Å². The van der Waals surface area contributed by atoms with Gasteiger partial charge in [-0.15, -0.1) is 0 Å². The molecule has 0 radical (unpaired) electrons. The second kappa shape index (κ2) is 3.51. The lowest BCUT2D eigenvalue weighted by Crippen LogP contribution is -2.60. The number of amides is 1. The van der Waals surface area contributed by atoms with Gasteiger partial charge in [0.2, 0.25) is 5.91 Å². The lowest BCUT2D eigenvalue weighted by atomic mass is 9.97. The van der Waals surface area contributed by atoms with Gasteiger partial charge in [-0.3, -0.25) is 9.69 Å². The van der Waals surface area contributed by atoms with Crippen LogP contribution in [0.15, 0.2) is 0 Å². The first-order valence-corrected chi connectivity index (χ1v) is 5.29. The summed E-state index contributed by atoms with van der Waals surface area (Å²) in [7, 11) is 0. The average molecular weight is 198 g/mol. The van der Waals surface area contributed by atoms with Gasteiger partial charge in [0.1, 0.15) is 0 Å². The van der Waals surface area contributed by atoms with Crippen molar-refractivity contribution < 1.29 is 9.90 Å². The number of rotatable bonds is 4. The summed E-state index contributed by atoms with van der Waals surface area (Å²) in [4.78, 5) is 13.4. The molecule has 2 aliphatic rings. The summed E-state index contributed by atoms with van der Waals surface area (Å²) in [6.45, 7) is 4.00. The van der Waals surface area contributed by atoms with E-state index in [4.69, 9.17) is 0 Å². The van der Waals surface area contributed by atoms with E-state index in [9.17, 15) is 9.90 Å². The van der Waals surface area contributed by atoms with Crippen molar-refractivity contribution in [1.29, 1.82) is 0 Å². The zero-order chi connectivity index (χ0) is 10.2. The summed E-state index contributed by atoms with van der Waals surface area (Å²) in [5.74, 6) is 0.152. The fourth-order valence-corrected chi connectivity index (χ4v) is 1.86. The first-order chi connectivity index (χ1) is 6.55. The number of β-amino-alcohol motifs (C(OH)–C–C–N with tert-alkyl or cyclic N) is 1. The third-order valence-electron chi connectivity index (χ3n) is 2.73. The molecule has 0 aromatic heterocycles. The van der Waals surface area contributed by atoms with E-state index in [1.54, 1.807) is 0 Å². The van der Waals surface area contributed by atoms with Gasteiger partial charge in [-0.2, -0.15) is 0 Å². The molecule has 14 heavy (non-hydrogen) atoms. The zero-order valence-electron chi connectivity index (χ0n) is 8.62. The van der Waals surface area contributed by atoms with Crippen LogP contribution in [0.4, 0.5) is 0 Å². The first-order valence-electron chi connectivity index (χ1n) is 5.29. The third-order valence-corrected chi connectivity index (χ3v) is 2.73. The van der Waals surface area contributed by atoms with Crippen LogP contribution in [0.1, 0.15) is 26.2 Å². The average Bonchev–Trinajstić information content (AvgIpc) is 2.80. The Balaban J connectivity index is 1.56. The molecule has 2 N–H and O–H groups in total. The molecule has 1 heterocycles. The lowest BCUT2D eigenvalue weighted by Gasteiger charge is -2.44. The van der Waals surface area contributed by atoms with Crippen LogP contribution in [0.5, 0.6) is 0 Å². The Labute approximate surface area is 84.3 Å². The summed E-state index contributed by atoms with van der Waals surface area (Å²) in [6, 6.07) is 0.460. The summed E-state index contributed by atoms with van der Waals surface area (Å²) >= 11 is 0. The minimum absolute atomic E-state index is 0.152. The molecular weight excluding hydrogens is 180 g/mol. The maximum Gasteiger partial charge on any atom is 0.221 e. The van der Waals surface area contributed by atoms with Crippen LogP contribution in [-0.4, -0.2) is 47.2 Å². The molecule has 80 valence electrons. The zero-order valence-corrected chi connectivity index (χ0v) is 8.62. The van der Waals surface area contributed by atoms with Crippen molar-refractivity contribution in [2.45, 2.75) is 37.8 Å². The van der Waals surface area contributed by atoms with E-state index >= 15 is 0 Å². The van der Waals surface area contributed by atoms with Crippen molar-refractivity contribution in [3.63, 3.8) is 0 Å². The summed E-state index contributed by atoms with van der Waals surface area (Å²) < 4.78 is 0. The van der Waals surface area contributed by atoms with Crippen LogP contribution in [0.3, 0.4) is 0 Å². The van der Waals surface area contributed by atoms with Gasteiger partial charge in [0.25, 0.3) is 0 Å². The van der Waals surface area contributed by atoms with Gasteiger partial charge >= 0.3 is 0 Å². The number of likely N-dealkylation sites (tertiary alicyclic amines) is 1. The van der Waals surface area contributed by atoms with E-state index in [0.29, 0.717) is 25.6 Å². The van der Waals surface area contributed by atoms with Crippen LogP contribution in [0.25, 0.3) is 0 Å². The number of carbonyl (C=O) groups excluding carboxylic acids is 1. The Kier molecular flexibility index (Phi) is 2.49.